The summed E-state index contributed by atoms with van der Waals surface area (Å²) in [7, 11) is 0. The van der Waals surface area contributed by atoms with E-state index in [1.807, 2.05) is 12.1 Å². The van der Waals surface area contributed by atoms with Crippen molar-refractivity contribution >= 4 is 22.5 Å². The molecule has 3 heteroatoms. The van der Waals surface area contributed by atoms with E-state index in [1.54, 1.807) is 0 Å². The number of aromatic amines is 1. The second kappa shape index (κ2) is 3.79. The molecule has 2 nitrogen and oxygen atoms in total. The maximum Gasteiger partial charge on any atom is 0.0490 e. The van der Waals surface area contributed by atoms with Crippen LogP contribution in [0.25, 0.3) is 10.9 Å². The molecule has 1 saturated carbocycles. The molecule has 2 aromatic rings. The minimum atomic E-state index is 0.660. The third-order valence-electron chi connectivity index (χ3n) is 3.23. The fourth-order valence-corrected chi connectivity index (χ4v) is 2.52. The summed E-state index contributed by atoms with van der Waals surface area (Å²) in [4.78, 5) is 3.52. The first-order valence-corrected chi connectivity index (χ1v) is 6.17. The fraction of sp³-hybridized carbons (Fsp3) is 0.385. The van der Waals surface area contributed by atoms with Crippen molar-refractivity contribution in [1.82, 2.24) is 4.98 Å². The Hall–Kier alpha value is -0.990. The first kappa shape index (κ1) is 10.2. The van der Waals surface area contributed by atoms with Gasteiger partial charge in [0.1, 0.15) is 0 Å². The first-order chi connectivity index (χ1) is 7.78. The highest BCUT2D eigenvalue weighted by molar-refractivity contribution is 6.31. The minimum Gasteiger partial charge on any atom is -0.358 e. The molecule has 0 saturated heterocycles. The summed E-state index contributed by atoms with van der Waals surface area (Å²) in [6.45, 7) is 0.660. The Balaban J connectivity index is 2.15. The van der Waals surface area contributed by atoms with Gasteiger partial charge >= 0.3 is 0 Å². The van der Waals surface area contributed by atoms with Gasteiger partial charge in [0.2, 0.25) is 0 Å². The Morgan fingerprint density at radius 2 is 2.12 bits per heavy atom. The molecule has 0 radical (unpaired) electrons. The van der Waals surface area contributed by atoms with Gasteiger partial charge in [0.15, 0.2) is 0 Å². The van der Waals surface area contributed by atoms with Crippen molar-refractivity contribution in [2.75, 3.05) is 6.54 Å². The number of nitrogens with one attached hydrogen (secondary N) is 1. The highest BCUT2D eigenvalue weighted by atomic mass is 35.5. The van der Waals surface area contributed by atoms with Crippen LogP contribution in [0.15, 0.2) is 18.2 Å². The van der Waals surface area contributed by atoms with E-state index in [2.05, 4.69) is 11.1 Å². The third-order valence-corrected chi connectivity index (χ3v) is 3.44. The van der Waals surface area contributed by atoms with E-state index < -0.39 is 0 Å². The Bertz CT molecular complexity index is 526. The average molecular weight is 235 g/mol. The van der Waals surface area contributed by atoms with Gasteiger partial charge in [0.25, 0.3) is 0 Å². The van der Waals surface area contributed by atoms with Crippen LogP contribution in [0.4, 0.5) is 0 Å². The highest BCUT2D eigenvalue weighted by Gasteiger charge is 2.25. The van der Waals surface area contributed by atoms with Crippen LogP contribution < -0.4 is 5.73 Å². The number of aromatic nitrogens is 1. The number of halogens is 1. The summed E-state index contributed by atoms with van der Waals surface area (Å²) in [6.07, 6.45) is 3.50. The van der Waals surface area contributed by atoms with Gasteiger partial charge in [-0.2, -0.15) is 0 Å². The van der Waals surface area contributed by atoms with Gasteiger partial charge in [-0.3, -0.25) is 0 Å². The highest BCUT2D eigenvalue weighted by Crippen LogP contribution is 2.41. The number of hydrogen-bond acceptors (Lipinski definition) is 1. The SMILES string of the molecule is NCCc1cc(Cl)cc2cc(C3CC3)[nH]c12. The van der Waals surface area contributed by atoms with Crippen LogP contribution in [0.2, 0.25) is 5.02 Å². The molecule has 84 valence electrons. The van der Waals surface area contributed by atoms with Crippen molar-refractivity contribution in [2.24, 2.45) is 5.73 Å². The molecule has 1 aliphatic carbocycles. The predicted octanol–water partition coefficient (Wildman–Crippen LogP) is 3.20. The molecule has 1 aromatic carbocycles. The molecular weight excluding hydrogens is 220 g/mol. The maximum absolute atomic E-state index is 6.11. The van der Waals surface area contributed by atoms with E-state index in [9.17, 15) is 0 Å². The van der Waals surface area contributed by atoms with E-state index >= 15 is 0 Å². The normalized spacial score (nSPS) is 15.9. The number of hydrogen-bond donors (Lipinski definition) is 2. The molecule has 1 aliphatic rings. The van der Waals surface area contributed by atoms with Crippen LogP contribution in [-0.2, 0) is 6.42 Å². The van der Waals surface area contributed by atoms with E-state index in [0.717, 1.165) is 17.4 Å². The Labute approximate surface area is 99.8 Å². The summed E-state index contributed by atoms with van der Waals surface area (Å²) in [5, 5.41) is 2.02. The largest absolute Gasteiger partial charge is 0.358 e. The second-order valence-corrected chi connectivity index (χ2v) is 5.00. The molecule has 0 bridgehead atoms. The number of benzene rings is 1. The Morgan fingerprint density at radius 3 is 2.81 bits per heavy atom. The lowest BCUT2D eigenvalue weighted by atomic mass is 10.1. The molecule has 0 aliphatic heterocycles. The van der Waals surface area contributed by atoms with Crippen molar-refractivity contribution in [3.8, 4) is 0 Å². The molecule has 1 aromatic heterocycles. The van der Waals surface area contributed by atoms with Crippen LogP contribution >= 0.6 is 11.6 Å². The number of fused-ring (bicyclic) bond motifs is 1. The molecule has 3 rings (SSSR count). The van der Waals surface area contributed by atoms with Gasteiger partial charge in [-0.25, -0.2) is 0 Å². The number of nitrogens with two attached hydrogens (primary N) is 1. The minimum absolute atomic E-state index is 0.660. The van der Waals surface area contributed by atoms with Crippen molar-refractivity contribution in [3.63, 3.8) is 0 Å². The lowest BCUT2D eigenvalue weighted by Crippen LogP contribution is -2.03. The monoisotopic (exact) mass is 234 g/mol. The quantitative estimate of drug-likeness (QED) is 0.842. The third kappa shape index (κ3) is 1.72. The van der Waals surface area contributed by atoms with Crippen LogP contribution in [-0.4, -0.2) is 11.5 Å². The predicted molar refractivity (Wildman–Crippen MR) is 68.0 cm³/mol. The maximum atomic E-state index is 6.11. The average Bonchev–Trinajstić information content (AvgIpc) is 3.00. The van der Waals surface area contributed by atoms with E-state index in [-0.39, 0.29) is 0 Å². The van der Waals surface area contributed by atoms with Gasteiger partial charge in [-0.05, 0) is 55.5 Å². The molecule has 0 spiro atoms. The smallest absolute Gasteiger partial charge is 0.0490 e. The van der Waals surface area contributed by atoms with Crippen molar-refractivity contribution < 1.29 is 0 Å². The summed E-state index contributed by atoms with van der Waals surface area (Å²) in [5.41, 5.74) is 9.43. The topological polar surface area (TPSA) is 41.8 Å². The lowest BCUT2D eigenvalue weighted by molar-refractivity contribution is 0.971. The molecule has 1 heterocycles. The zero-order chi connectivity index (χ0) is 11.1. The molecule has 3 N–H and O–H groups in total. The molecule has 16 heavy (non-hydrogen) atoms. The zero-order valence-corrected chi connectivity index (χ0v) is 9.85. The van der Waals surface area contributed by atoms with E-state index in [0.29, 0.717) is 6.54 Å². The van der Waals surface area contributed by atoms with E-state index in [4.69, 9.17) is 17.3 Å². The summed E-state index contributed by atoms with van der Waals surface area (Å²) in [6, 6.07) is 6.28. The molecule has 0 unspecified atom stereocenters. The standard InChI is InChI=1S/C13H15ClN2/c14-11-5-9(3-4-15)13-10(6-11)7-12(16-13)8-1-2-8/h5-8,16H,1-4,15H2. The van der Waals surface area contributed by atoms with Crippen molar-refractivity contribution in [3.05, 3.63) is 34.5 Å². The van der Waals surface area contributed by atoms with Crippen LogP contribution in [0, 0.1) is 0 Å². The van der Waals surface area contributed by atoms with Gasteiger partial charge < -0.3 is 10.7 Å². The zero-order valence-electron chi connectivity index (χ0n) is 9.09. The van der Waals surface area contributed by atoms with Gasteiger partial charge in [-0.15, -0.1) is 0 Å². The number of H-pyrrole nitrogens is 1. The Morgan fingerprint density at radius 1 is 1.31 bits per heavy atom. The number of rotatable bonds is 3. The van der Waals surface area contributed by atoms with Gasteiger partial charge in [0.05, 0.1) is 0 Å². The Kier molecular flexibility index (Phi) is 2.41. The van der Waals surface area contributed by atoms with Crippen LogP contribution in [0.1, 0.15) is 30.0 Å². The van der Waals surface area contributed by atoms with Crippen LogP contribution in [0.5, 0.6) is 0 Å². The van der Waals surface area contributed by atoms with Gasteiger partial charge in [0, 0.05) is 21.6 Å². The summed E-state index contributed by atoms with van der Waals surface area (Å²) in [5.74, 6) is 0.747. The fourth-order valence-electron chi connectivity index (χ4n) is 2.27. The van der Waals surface area contributed by atoms with E-state index in [1.165, 1.54) is 35.0 Å². The van der Waals surface area contributed by atoms with Gasteiger partial charge in [-0.1, -0.05) is 11.6 Å². The molecule has 1 fully saturated rings. The summed E-state index contributed by atoms with van der Waals surface area (Å²) >= 11 is 6.11. The van der Waals surface area contributed by atoms with Crippen LogP contribution in [0.3, 0.4) is 0 Å². The molecule has 0 amide bonds. The van der Waals surface area contributed by atoms with Crippen molar-refractivity contribution in [2.45, 2.75) is 25.2 Å². The summed E-state index contributed by atoms with van der Waals surface area (Å²) < 4.78 is 0. The molecule has 0 atom stereocenters. The van der Waals surface area contributed by atoms with Crippen molar-refractivity contribution in [1.29, 1.82) is 0 Å². The molecular formula is C13H15ClN2. The lowest BCUT2D eigenvalue weighted by Gasteiger charge is -2.02. The second-order valence-electron chi connectivity index (χ2n) is 4.57. The first-order valence-electron chi connectivity index (χ1n) is 5.79.